The fourth-order valence-corrected chi connectivity index (χ4v) is 4.44. The Kier molecular flexibility index (Phi) is 7.39. The van der Waals surface area contributed by atoms with Gasteiger partial charge < -0.3 is 25.2 Å². The van der Waals surface area contributed by atoms with Crippen LogP contribution in [0.15, 0.2) is 42.7 Å². The van der Waals surface area contributed by atoms with E-state index in [0.29, 0.717) is 37.7 Å². The number of rotatable bonds is 5. The average molecular weight is 453 g/mol. The van der Waals surface area contributed by atoms with Crippen molar-refractivity contribution < 1.29 is 14.3 Å². The zero-order chi connectivity index (χ0) is 23.2. The summed E-state index contributed by atoms with van der Waals surface area (Å²) in [5.41, 5.74) is 1.59. The number of hydrogen-bond donors (Lipinski definition) is 2. The summed E-state index contributed by atoms with van der Waals surface area (Å²) >= 11 is 0. The van der Waals surface area contributed by atoms with Gasteiger partial charge in [-0.1, -0.05) is 12.1 Å². The van der Waals surface area contributed by atoms with E-state index in [9.17, 15) is 9.59 Å². The van der Waals surface area contributed by atoms with Crippen molar-refractivity contribution in [2.24, 2.45) is 0 Å². The Morgan fingerprint density at radius 2 is 1.76 bits per heavy atom. The Labute approximate surface area is 194 Å². The van der Waals surface area contributed by atoms with E-state index >= 15 is 0 Å². The molecule has 3 amide bonds. The Bertz CT molecular complexity index is 929. The quantitative estimate of drug-likeness (QED) is 0.722. The van der Waals surface area contributed by atoms with Crippen molar-refractivity contribution in [3.63, 3.8) is 0 Å². The number of nitrogens with zero attached hydrogens (tertiary/aromatic N) is 4. The molecule has 0 bridgehead atoms. The molecule has 4 rings (SSSR count). The van der Waals surface area contributed by atoms with E-state index in [1.165, 1.54) is 0 Å². The molecule has 2 aliphatic rings. The number of benzene rings is 1. The molecule has 176 valence electrons. The zero-order valence-corrected chi connectivity index (χ0v) is 19.2. The second-order valence-corrected chi connectivity index (χ2v) is 8.83. The summed E-state index contributed by atoms with van der Waals surface area (Å²) in [4.78, 5) is 37.8. The third-order valence-electron chi connectivity index (χ3n) is 5.95. The Morgan fingerprint density at radius 1 is 1.06 bits per heavy atom. The summed E-state index contributed by atoms with van der Waals surface area (Å²) in [6.07, 6.45) is 5.43. The number of nitrogens with one attached hydrogen (secondary N) is 2. The normalized spacial score (nSPS) is 23.2. The molecule has 9 heteroatoms. The highest BCUT2D eigenvalue weighted by atomic mass is 16.5. The van der Waals surface area contributed by atoms with Crippen molar-refractivity contribution in [1.29, 1.82) is 0 Å². The fourth-order valence-electron chi connectivity index (χ4n) is 4.44. The van der Waals surface area contributed by atoms with Gasteiger partial charge in [0.05, 0.1) is 12.2 Å². The molecule has 0 saturated carbocycles. The van der Waals surface area contributed by atoms with Crippen LogP contribution in [0.5, 0.6) is 0 Å². The monoisotopic (exact) mass is 452 g/mol. The van der Waals surface area contributed by atoms with Gasteiger partial charge in [-0.25, -0.2) is 14.8 Å². The van der Waals surface area contributed by atoms with Gasteiger partial charge in [0.1, 0.15) is 0 Å². The second kappa shape index (κ2) is 10.6. The highest BCUT2D eigenvalue weighted by Crippen LogP contribution is 2.16. The van der Waals surface area contributed by atoms with E-state index < -0.39 is 0 Å². The number of morpholine rings is 1. The first-order valence-corrected chi connectivity index (χ1v) is 11.6. The van der Waals surface area contributed by atoms with Crippen molar-refractivity contribution in [1.82, 2.24) is 25.5 Å². The van der Waals surface area contributed by atoms with Crippen LogP contribution in [-0.4, -0.2) is 71.2 Å². The minimum Gasteiger partial charge on any atom is -0.372 e. The van der Waals surface area contributed by atoms with Crippen LogP contribution in [0.3, 0.4) is 0 Å². The predicted octanol–water partition coefficient (Wildman–Crippen LogP) is 2.19. The van der Waals surface area contributed by atoms with Crippen molar-refractivity contribution in [3.05, 3.63) is 53.9 Å². The van der Waals surface area contributed by atoms with Gasteiger partial charge in [0.25, 0.3) is 5.91 Å². The number of piperidine rings is 1. The van der Waals surface area contributed by atoms with E-state index in [1.54, 1.807) is 18.5 Å². The Balaban J connectivity index is 1.24. The summed E-state index contributed by atoms with van der Waals surface area (Å²) in [5, 5.41) is 5.96. The number of carbonyl (C=O) groups is 2. The van der Waals surface area contributed by atoms with Crippen LogP contribution in [0.25, 0.3) is 0 Å². The minimum atomic E-state index is -0.202. The number of carbonyl (C=O) groups excluding carboxylic acids is 2. The number of amides is 3. The smallest absolute Gasteiger partial charge is 0.315 e. The highest BCUT2D eigenvalue weighted by Gasteiger charge is 2.26. The average Bonchev–Trinajstić information content (AvgIpc) is 2.83. The van der Waals surface area contributed by atoms with E-state index in [4.69, 9.17) is 4.74 Å². The molecule has 2 aliphatic heterocycles. The van der Waals surface area contributed by atoms with Crippen LogP contribution in [0.1, 0.15) is 42.6 Å². The lowest BCUT2D eigenvalue weighted by atomic mass is 10.1. The molecule has 2 aromatic rings. The molecule has 0 spiro atoms. The first-order chi connectivity index (χ1) is 16.0. The number of urea groups is 1. The van der Waals surface area contributed by atoms with Crippen molar-refractivity contribution in [2.75, 3.05) is 31.1 Å². The van der Waals surface area contributed by atoms with Gasteiger partial charge in [0, 0.05) is 56.7 Å². The molecule has 3 unspecified atom stereocenters. The number of hydrogen-bond acceptors (Lipinski definition) is 6. The maximum atomic E-state index is 12.8. The number of ether oxygens (including phenoxy) is 1. The molecule has 0 aliphatic carbocycles. The van der Waals surface area contributed by atoms with Crippen molar-refractivity contribution in [3.8, 4) is 0 Å². The Morgan fingerprint density at radius 3 is 2.45 bits per heavy atom. The summed E-state index contributed by atoms with van der Waals surface area (Å²) < 4.78 is 5.71. The van der Waals surface area contributed by atoms with Gasteiger partial charge in [-0.15, -0.1) is 0 Å². The van der Waals surface area contributed by atoms with Crippen LogP contribution in [0.2, 0.25) is 0 Å². The van der Waals surface area contributed by atoms with Crippen LogP contribution in [0, 0.1) is 0 Å². The third kappa shape index (κ3) is 6.19. The number of anilines is 1. The van der Waals surface area contributed by atoms with Crippen LogP contribution in [0.4, 0.5) is 10.7 Å². The minimum absolute atomic E-state index is 0.0125. The van der Waals surface area contributed by atoms with E-state index in [1.807, 2.05) is 43.0 Å². The van der Waals surface area contributed by atoms with Crippen LogP contribution in [-0.2, 0) is 11.3 Å². The zero-order valence-electron chi connectivity index (χ0n) is 19.2. The first kappa shape index (κ1) is 23.0. The maximum Gasteiger partial charge on any atom is 0.315 e. The van der Waals surface area contributed by atoms with Gasteiger partial charge in [0.2, 0.25) is 5.95 Å². The van der Waals surface area contributed by atoms with Crippen LogP contribution >= 0.6 is 0 Å². The standard InChI is InChI=1S/C24H32N6O3/c1-17-14-30(15-18(2)33-17)22(31)20-8-6-19(7-9-20)13-27-24(32)28-21-5-3-12-29(16-21)23-25-10-4-11-26-23/h4,6-11,17-18,21H,3,5,12-16H2,1-2H3,(H2,27,28,32). The SMILES string of the molecule is CC1CN(C(=O)c2ccc(CNC(=O)NC3CCCN(c4ncccn4)C3)cc2)CC(C)O1. The molecule has 0 radical (unpaired) electrons. The second-order valence-electron chi connectivity index (χ2n) is 8.83. The van der Waals surface area contributed by atoms with E-state index in [-0.39, 0.29) is 30.2 Å². The summed E-state index contributed by atoms with van der Waals surface area (Å²) in [6, 6.07) is 9.05. The van der Waals surface area contributed by atoms with Crippen molar-refractivity contribution in [2.45, 2.75) is 51.5 Å². The molecule has 3 heterocycles. The summed E-state index contributed by atoms with van der Waals surface area (Å²) in [6.45, 7) is 7.13. The maximum absolute atomic E-state index is 12.8. The van der Waals surface area contributed by atoms with Crippen molar-refractivity contribution >= 4 is 17.9 Å². The molecule has 33 heavy (non-hydrogen) atoms. The summed E-state index contributed by atoms with van der Waals surface area (Å²) in [7, 11) is 0. The van der Waals surface area contributed by atoms with Gasteiger partial charge in [-0.05, 0) is 50.5 Å². The van der Waals surface area contributed by atoms with E-state index in [0.717, 1.165) is 24.9 Å². The molecule has 2 fully saturated rings. The van der Waals surface area contributed by atoms with E-state index in [2.05, 4.69) is 25.5 Å². The van der Waals surface area contributed by atoms with Gasteiger partial charge in [-0.3, -0.25) is 4.79 Å². The molecular formula is C24H32N6O3. The van der Waals surface area contributed by atoms with Gasteiger partial charge >= 0.3 is 6.03 Å². The molecule has 2 N–H and O–H groups in total. The largest absolute Gasteiger partial charge is 0.372 e. The third-order valence-corrected chi connectivity index (χ3v) is 5.95. The topological polar surface area (TPSA) is 99.7 Å². The lowest BCUT2D eigenvalue weighted by Gasteiger charge is -2.35. The molecule has 3 atom stereocenters. The lowest BCUT2D eigenvalue weighted by molar-refractivity contribution is -0.0586. The Hall–Kier alpha value is -3.20. The van der Waals surface area contributed by atoms with Gasteiger partial charge in [0.15, 0.2) is 0 Å². The molecule has 1 aromatic carbocycles. The molecular weight excluding hydrogens is 420 g/mol. The number of aromatic nitrogens is 2. The molecule has 1 aromatic heterocycles. The van der Waals surface area contributed by atoms with Crippen LogP contribution < -0.4 is 15.5 Å². The molecule has 2 saturated heterocycles. The fraction of sp³-hybridized carbons (Fsp3) is 0.500. The van der Waals surface area contributed by atoms with Gasteiger partial charge in [-0.2, -0.15) is 0 Å². The molecule has 9 nitrogen and oxygen atoms in total. The summed E-state index contributed by atoms with van der Waals surface area (Å²) in [5.74, 6) is 0.707. The lowest BCUT2D eigenvalue weighted by Crippen LogP contribution is -2.50. The predicted molar refractivity (Wildman–Crippen MR) is 125 cm³/mol. The highest BCUT2D eigenvalue weighted by molar-refractivity contribution is 5.94. The first-order valence-electron chi connectivity index (χ1n) is 11.6.